The van der Waals surface area contributed by atoms with Crippen LogP contribution in [0.5, 0.6) is 0 Å². The summed E-state index contributed by atoms with van der Waals surface area (Å²) < 4.78 is 0. The minimum Gasteiger partial charge on any atom is -0.478 e. The topological polar surface area (TPSA) is 50.2 Å². The van der Waals surface area contributed by atoms with Gasteiger partial charge in [0.05, 0.1) is 10.7 Å². The summed E-state index contributed by atoms with van der Waals surface area (Å²) in [7, 11) is 0. The lowest BCUT2D eigenvalue weighted by atomic mass is 10.1. The van der Waals surface area contributed by atoms with Gasteiger partial charge in [0.2, 0.25) is 0 Å². The van der Waals surface area contributed by atoms with E-state index >= 15 is 0 Å². The first kappa shape index (κ1) is 10.5. The van der Waals surface area contributed by atoms with Crippen molar-refractivity contribution >= 4 is 33.5 Å². The Labute approximate surface area is 88.9 Å². The molecule has 0 atom stereocenters. The maximum absolute atomic E-state index is 10.8. The van der Waals surface area contributed by atoms with E-state index in [1.807, 2.05) is 0 Å². The lowest BCUT2D eigenvalue weighted by molar-refractivity contribution is 0.0695. The summed E-state index contributed by atoms with van der Waals surface area (Å²) in [6.07, 6.45) is 1.56. The highest BCUT2D eigenvalue weighted by Gasteiger charge is 2.16. The molecule has 1 aromatic heterocycles. The van der Waals surface area contributed by atoms with Crippen LogP contribution in [0.25, 0.3) is 0 Å². The summed E-state index contributed by atoms with van der Waals surface area (Å²) >= 11 is 8.98. The number of carbonyl (C=O) groups is 1. The van der Waals surface area contributed by atoms with Crippen LogP contribution in [0.15, 0.2) is 6.20 Å². The van der Waals surface area contributed by atoms with Crippen LogP contribution in [0.2, 0.25) is 5.02 Å². The lowest BCUT2D eigenvalue weighted by Gasteiger charge is -2.05. The Morgan fingerprint density at radius 2 is 2.38 bits per heavy atom. The van der Waals surface area contributed by atoms with E-state index in [1.165, 1.54) is 0 Å². The number of hydrogen-bond acceptors (Lipinski definition) is 2. The Kier molecular flexibility index (Phi) is 3.27. The average molecular weight is 265 g/mol. The molecular weight excluding hydrogens is 257 g/mol. The van der Waals surface area contributed by atoms with Crippen LogP contribution in [0.3, 0.4) is 0 Å². The van der Waals surface area contributed by atoms with Crippen molar-refractivity contribution in [2.45, 2.75) is 12.3 Å². The van der Waals surface area contributed by atoms with E-state index in [0.29, 0.717) is 16.6 Å². The van der Waals surface area contributed by atoms with E-state index < -0.39 is 5.97 Å². The maximum atomic E-state index is 10.8. The predicted octanol–water partition coefficient (Wildman–Crippen LogP) is 2.64. The van der Waals surface area contributed by atoms with Crippen molar-refractivity contribution in [1.82, 2.24) is 4.98 Å². The number of pyridine rings is 1. The molecule has 0 unspecified atom stereocenters. The number of rotatable bonds is 2. The van der Waals surface area contributed by atoms with Crippen LogP contribution in [-0.2, 0) is 5.33 Å². The van der Waals surface area contributed by atoms with Crippen molar-refractivity contribution < 1.29 is 9.90 Å². The molecule has 0 spiro atoms. The molecule has 0 saturated carbocycles. The number of halogens is 2. The first-order valence-electron chi connectivity index (χ1n) is 3.51. The molecule has 70 valence electrons. The first-order valence-corrected chi connectivity index (χ1v) is 5.01. The zero-order valence-electron chi connectivity index (χ0n) is 6.84. The number of aromatic nitrogens is 1. The van der Waals surface area contributed by atoms with Crippen molar-refractivity contribution in [3.05, 3.63) is 28.0 Å². The second kappa shape index (κ2) is 4.07. The van der Waals surface area contributed by atoms with Crippen LogP contribution in [0.1, 0.15) is 21.6 Å². The first-order chi connectivity index (χ1) is 6.07. The van der Waals surface area contributed by atoms with Crippen LogP contribution >= 0.6 is 27.5 Å². The van der Waals surface area contributed by atoms with Gasteiger partial charge >= 0.3 is 5.97 Å². The molecule has 0 bridgehead atoms. The van der Waals surface area contributed by atoms with Gasteiger partial charge in [-0.3, -0.25) is 4.98 Å². The molecule has 0 radical (unpaired) electrons. The van der Waals surface area contributed by atoms with Crippen LogP contribution in [0, 0.1) is 6.92 Å². The predicted molar refractivity (Wildman–Crippen MR) is 53.6 cm³/mol. The molecule has 1 heterocycles. The van der Waals surface area contributed by atoms with Crippen LogP contribution in [-0.4, -0.2) is 16.1 Å². The fourth-order valence-corrected chi connectivity index (χ4v) is 1.60. The number of carboxylic acids is 1. The highest BCUT2D eigenvalue weighted by atomic mass is 79.9. The molecule has 1 N–H and O–H groups in total. The molecule has 0 aromatic carbocycles. The second-order valence-electron chi connectivity index (χ2n) is 2.52. The zero-order chi connectivity index (χ0) is 10.0. The van der Waals surface area contributed by atoms with E-state index in [0.717, 1.165) is 0 Å². The van der Waals surface area contributed by atoms with E-state index in [1.54, 1.807) is 13.1 Å². The van der Waals surface area contributed by atoms with Crippen molar-refractivity contribution in [2.75, 3.05) is 0 Å². The minimum atomic E-state index is -1.05. The van der Waals surface area contributed by atoms with Gasteiger partial charge in [-0.15, -0.1) is 0 Å². The average Bonchev–Trinajstić information content (AvgIpc) is 2.08. The van der Waals surface area contributed by atoms with Gasteiger partial charge in [-0.1, -0.05) is 27.5 Å². The number of aryl methyl sites for hydroxylation is 1. The highest BCUT2D eigenvalue weighted by molar-refractivity contribution is 9.08. The molecule has 0 aliphatic carbocycles. The molecule has 1 aromatic rings. The Morgan fingerprint density at radius 3 is 2.85 bits per heavy atom. The number of alkyl halides is 1. The standard InChI is InChI=1S/C8H7BrClNO2/c1-4-3-11-5(2-9)6(7(4)10)8(12)13/h3H,2H2,1H3,(H,12,13). The van der Waals surface area contributed by atoms with Gasteiger partial charge in [0.1, 0.15) is 5.56 Å². The summed E-state index contributed by atoms with van der Waals surface area (Å²) in [5, 5.41) is 9.50. The Morgan fingerprint density at radius 1 is 1.77 bits per heavy atom. The van der Waals surface area contributed by atoms with E-state index in [2.05, 4.69) is 20.9 Å². The summed E-state index contributed by atoms with van der Waals surface area (Å²) in [5.74, 6) is -1.05. The monoisotopic (exact) mass is 263 g/mol. The smallest absolute Gasteiger partial charge is 0.339 e. The molecule has 3 nitrogen and oxygen atoms in total. The van der Waals surface area contributed by atoms with Gasteiger partial charge in [-0.05, 0) is 12.5 Å². The van der Waals surface area contributed by atoms with Gasteiger partial charge in [0.25, 0.3) is 0 Å². The molecule has 0 aliphatic rings. The molecule has 0 amide bonds. The fourth-order valence-electron chi connectivity index (χ4n) is 0.938. The molecule has 13 heavy (non-hydrogen) atoms. The van der Waals surface area contributed by atoms with Gasteiger partial charge in [0, 0.05) is 11.5 Å². The third-order valence-corrected chi connectivity index (χ3v) is 2.63. The lowest BCUT2D eigenvalue weighted by Crippen LogP contribution is -2.05. The Balaban J connectivity index is 3.41. The summed E-state index contributed by atoms with van der Waals surface area (Å²) in [4.78, 5) is 14.8. The Bertz CT molecular complexity index is 354. The van der Waals surface area contributed by atoms with Crippen molar-refractivity contribution in [3.8, 4) is 0 Å². The largest absolute Gasteiger partial charge is 0.478 e. The SMILES string of the molecule is Cc1cnc(CBr)c(C(=O)O)c1Cl. The van der Waals surface area contributed by atoms with Gasteiger partial charge in [-0.25, -0.2) is 4.79 Å². The van der Waals surface area contributed by atoms with Crippen LogP contribution < -0.4 is 0 Å². The summed E-state index contributed by atoms with van der Waals surface area (Å²) in [6, 6.07) is 0. The molecule has 0 fully saturated rings. The second-order valence-corrected chi connectivity index (χ2v) is 3.45. The molecule has 5 heteroatoms. The summed E-state index contributed by atoms with van der Waals surface area (Å²) in [6.45, 7) is 1.72. The van der Waals surface area contributed by atoms with E-state index in [9.17, 15) is 4.79 Å². The van der Waals surface area contributed by atoms with Gasteiger partial charge < -0.3 is 5.11 Å². The number of aromatic carboxylic acids is 1. The summed E-state index contributed by atoms with van der Waals surface area (Å²) in [5.41, 5.74) is 1.20. The fraction of sp³-hybridized carbons (Fsp3) is 0.250. The molecular formula is C8H7BrClNO2. The molecule has 1 rings (SSSR count). The number of hydrogen-bond donors (Lipinski definition) is 1. The minimum absolute atomic E-state index is 0.0820. The third-order valence-electron chi connectivity index (χ3n) is 1.61. The maximum Gasteiger partial charge on any atom is 0.339 e. The molecule has 0 saturated heterocycles. The van der Waals surface area contributed by atoms with Gasteiger partial charge in [-0.2, -0.15) is 0 Å². The molecule has 0 aliphatic heterocycles. The zero-order valence-corrected chi connectivity index (χ0v) is 9.18. The van der Waals surface area contributed by atoms with Crippen molar-refractivity contribution in [1.29, 1.82) is 0 Å². The quantitative estimate of drug-likeness (QED) is 0.836. The van der Waals surface area contributed by atoms with Crippen molar-refractivity contribution in [3.63, 3.8) is 0 Å². The van der Waals surface area contributed by atoms with E-state index in [-0.39, 0.29) is 10.6 Å². The van der Waals surface area contributed by atoms with Gasteiger partial charge in [0.15, 0.2) is 0 Å². The van der Waals surface area contributed by atoms with Crippen molar-refractivity contribution in [2.24, 2.45) is 0 Å². The number of nitrogens with zero attached hydrogens (tertiary/aromatic N) is 1. The Hall–Kier alpha value is -0.610. The normalized spacial score (nSPS) is 10.1. The van der Waals surface area contributed by atoms with Crippen LogP contribution in [0.4, 0.5) is 0 Å². The highest BCUT2D eigenvalue weighted by Crippen LogP contribution is 2.23. The van der Waals surface area contributed by atoms with E-state index in [4.69, 9.17) is 16.7 Å². The number of carboxylic acid groups (broad SMARTS) is 1. The third kappa shape index (κ3) is 2.00.